The highest BCUT2D eigenvalue weighted by Crippen LogP contribution is 2.24. The number of hydrogen-bond donors (Lipinski definition) is 1. The first-order chi connectivity index (χ1) is 11.7. The molecule has 1 unspecified atom stereocenters. The first kappa shape index (κ1) is 16.3. The Hall–Kier alpha value is -2.54. The fourth-order valence-electron chi connectivity index (χ4n) is 2.67. The highest BCUT2D eigenvalue weighted by atomic mass is 19.1. The molecule has 6 nitrogen and oxygen atoms in total. The van der Waals surface area contributed by atoms with Crippen molar-refractivity contribution >= 4 is 6.03 Å². The van der Waals surface area contributed by atoms with Crippen LogP contribution >= 0.6 is 0 Å². The molecule has 1 fully saturated rings. The SMILES string of the molecule is O=C(NCCc1cnccn1)N1CCOCC1c1ccc(F)cc1. The van der Waals surface area contributed by atoms with E-state index in [4.69, 9.17) is 4.74 Å². The van der Waals surface area contributed by atoms with Crippen molar-refractivity contribution in [3.05, 3.63) is 59.9 Å². The van der Waals surface area contributed by atoms with Crippen molar-refractivity contribution in [3.63, 3.8) is 0 Å². The van der Waals surface area contributed by atoms with Gasteiger partial charge in [-0.25, -0.2) is 9.18 Å². The van der Waals surface area contributed by atoms with Gasteiger partial charge in [-0.2, -0.15) is 0 Å². The van der Waals surface area contributed by atoms with Gasteiger partial charge in [0.25, 0.3) is 0 Å². The molecule has 24 heavy (non-hydrogen) atoms. The molecule has 1 aliphatic rings. The number of benzene rings is 1. The molecule has 1 N–H and O–H groups in total. The van der Waals surface area contributed by atoms with Crippen LogP contribution in [0.2, 0.25) is 0 Å². The van der Waals surface area contributed by atoms with E-state index in [2.05, 4.69) is 15.3 Å². The monoisotopic (exact) mass is 330 g/mol. The molecule has 2 heterocycles. The summed E-state index contributed by atoms with van der Waals surface area (Å²) in [4.78, 5) is 22.4. The molecule has 0 bridgehead atoms. The molecule has 1 aliphatic heterocycles. The van der Waals surface area contributed by atoms with Crippen molar-refractivity contribution in [1.82, 2.24) is 20.2 Å². The van der Waals surface area contributed by atoms with Crippen LogP contribution in [-0.2, 0) is 11.2 Å². The molecule has 0 spiro atoms. The number of urea groups is 1. The second kappa shape index (κ2) is 7.83. The molecule has 2 amide bonds. The summed E-state index contributed by atoms with van der Waals surface area (Å²) in [5.74, 6) is -0.296. The second-order valence-electron chi connectivity index (χ2n) is 5.51. The minimum Gasteiger partial charge on any atom is -0.377 e. The molecule has 7 heteroatoms. The Balaban J connectivity index is 1.60. The van der Waals surface area contributed by atoms with Gasteiger partial charge in [0.2, 0.25) is 0 Å². The van der Waals surface area contributed by atoms with E-state index in [1.807, 2.05) is 0 Å². The standard InChI is InChI=1S/C17H19FN4O2/c18-14-3-1-13(2-4-14)16-12-24-10-9-22(16)17(23)21-6-5-15-11-19-7-8-20-15/h1-4,7-8,11,16H,5-6,9-10,12H2,(H,21,23). The Morgan fingerprint density at radius 2 is 2.17 bits per heavy atom. The number of halogens is 1. The lowest BCUT2D eigenvalue weighted by molar-refractivity contribution is 0.0117. The summed E-state index contributed by atoms with van der Waals surface area (Å²) in [6.45, 7) is 1.88. The minimum atomic E-state index is -0.296. The van der Waals surface area contributed by atoms with Crippen LogP contribution in [-0.4, -0.2) is 47.2 Å². The third-order valence-electron chi connectivity index (χ3n) is 3.92. The van der Waals surface area contributed by atoms with Crippen LogP contribution in [0.1, 0.15) is 17.3 Å². The molecule has 1 atom stereocenters. The molecule has 1 aromatic heterocycles. The summed E-state index contributed by atoms with van der Waals surface area (Å²) in [6, 6.07) is 5.80. The highest BCUT2D eigenvalue weighted by Gasteiger charge is 2.28. The van der Waals surface area contributed by atoms with Crippen LogP contribution < -0.4 is 5.32 Å². The maximum atomic E-state index is 13.1. The third kappa shape index (κ3) is 4.05. The number of amides is 2. The van der Waals surface area contributed by atoms with Crippen molar-refractivity contribution in [2.75, 3.05) is 26.3 Å². The van der Waals surface area contributed by atoms with Gasteiger partial charge in [0.1, 0.15) is 5.82 Å². The Bertz CT molecular complexity index is 666. The lowest BCUT2D eigenvalue weighted by atomic mass is 10.1. The number of morpholine rings is 1. The molecule has 2 aromatic rings. The van der Waals surface area contributed by atoms with Gasteiger partial charge in [-0.05, 0) is 17.7 Å². The van der Waals surface area contributed by atoms with Gasteiger partial charge < -0.3 is 15.0 Å². The number of carbonyl (C=O) groups excluding carboxylic acids is 1. The van der Waals surface area contributed by atoms with Crippen molar-refractivity contribution in [2.45, 2.75) is 12.5 Å². The first-order valence-corrected chi connectivity index (χ1v) is 7.86. The Morgan fingerprint density at radius 3 is 2.92 bits per heavy atom. The summed E-state index contributed by atoms with van der Waals surface area (Å²) >= 11 is 0. The fourth-order valence-corrected chi connectivity index (χ4v) is 2.67. The smallest absolute Gasteiger partial charge is 0.318 e. The summed E-state index contributed by atoms with van der Waals surface area (Å²) in [5.41, 5.74) is 1.69. The zero-order valence-corrected chi connectivity index (χ0v) is 13.2. The number of nitrogens with zero attached hydrogens (tertiary/aromatic N) is 3. The second-order valence-corrected chi connectivity index (χ2v) is 5.51. The normalized spacial score (nSPS) is 17.5. The van der Waals surface area contributed by atoms with Crippen LogP contribution in [0.4, 0.5) is 9.18 Å². The Kier molecular flexibility index (Phi) is 5.32. The van der Waals surface area contributed by atoms with Crippen LogP contribution in [0.25, 0.3) is 0 Å². The summed E-state index contributed by atoms with van der Waals surface area (Å²) in [6.07, 6.45) is 5.54. The molecule has 126 valence electrons. The van der Waals surface area contributed by atoms with Gasteiger partial charge in [0, 0.05) is 38.1 Å². The van der Waals surface area contributed by atoms with Gasteiger partial charge in [-0.15, -0.1) is 0 Å². The maximum Gasteiger partial charge on any atom is 0.318 e. The summed E-state index contributed by atoms with van der Waals surface area (Å²) in [5, 5.41) is 2.90. The predicted molar refractivity (Wildman–Crippen MR) is 85.8 cm³/mol. The van der Waals surface area contributed by atoms with E-state index in [9.17, 15) is 9.18 Å². The van der Waals surface area contributed by atoms with Crippen LogP contribution in [0.15, 0.2) is 42.9 Å². The average Bonchev–Trinajstić information content (AvgIpc) is 2.63. The number of rotatable bonds is 4. The molecule has 1 saturated heterocycles. The molecule has 0 aliphatic carbocycles. The van der Waals surface area contributed by atoms with Gasteiger partial charge >= 0.3 is 6.03 Å². The molecule has 0 saturated carbocycles. The third-order valence-corrected chi connectivity index (χ3v) is 3.92. The number of nitrogens with one attached hydrogen (secondary N) is 1. The lowest BCUT2D eigenvalue weighted by Crippen LogP contribution is -2.48. The quantitative estimate of drug-likeness (QED) is 0.930. The van der Waals surface area contributed by atoms with E-state index >= 15 is 0 Å². The molecule has 3 rings (SSSR count). The van der Waals surface area contributed by atoms with Crippen molar-refractivity contribution in [3.8, 4) is 0 Å². The Morgan fingerprint density at radius 1 is 1.33 bits per heavy atom. The topological polar surface area (TPSA) is 67.4 Å². The Labute approximate surface area is 139 Å². The van der Waals surface area contributed by atoms with E-state index in [-0.39, 0.29) is 17.9 Å². The number of carbonyl (C=O) groups is 1. The van der Waals surface area contributed by atoms with Gasteiger partial charge in [0.15, 0.2) is 0 Å². The first-order valence-electron chi connectivity index (χ1n) is 7.86. The summed E-state index contributed by atoms with van der Waals surface area (Å²) < 4.78 is 18.6. The van der Waals surface area contributed by atoms with Crippen molar-refractivity contribution in [1.29, 1.82) is 0 Å². The van der Waals surface area contributed by atoms with Crippen LogP contribution in [0.5, 0.6) is 0 Å². The molecular formula is C17H19FN4O2. The number of aromatic nitrogens is 2. The lowest BCUT2D eigenvalue weighted by Gasteiger charge is -2.35. The minimum absolute atomic E-state index is 0.156. The number of ether oxygens (including phenoxy) is 1. The van der Waals surface area contributed by atoms with Crippen LogP contribution in [0.3, 0.4) is 0 Å². The zero-order valence-electron chi connectivity index (χ0n) is 13.2. The molecule has 0 radical (unpaired) electrons. The highest BCUT2D eigenvalue weighted by molar-refractivity contribution is 5.75. The van der Waals surface area contributed by atoms with E-state index in [1.54, 1.807) is 35.6 Å². The predicted octanol–water partition coefficient (Wildman–Crippen LogP) is 1.94. The fraction of sp³-hybridized carbons (Fsp3) is 0.353. The maximum absolute atomic E-state index is 13.1. The van der Waals surface area contributed by atoms with Gasteiger partial charge in [-0.1, -0.05) is 12.1 Å². The number of hydrogen-bond acceptors (Lipinski definition) is 4. The molecular weight excluding hydrogens is 311 g/mol. The average molecular weight is 330 g/mol. The van der Waals surface area contributed by atoms with Crippen molar-refractivity contribution in [2.24, 2.45) is 0 Å². The molecule has 1 aromatic carbocycles. The van der Waals surface area contributed by atoms with E-state index in [0.717, 1.165) is 11.3 Å². The van der Waals surface area contributed by atoms with E-state index < -0.39 is 0 Å². The largest absolute Gasteiger partial charge is 0.377 e. The van der Waals surface area contributed by atoms with E-state index in [0.29, 0.717) is 32.7 Å². The van der Waals surface area contributed by atoms with Crippen molar-refractivity contribution < 1.29 is 13.9 Å². The summed E-state index contributed by atoms with van der Waals surface area (Å²) in [7, 11) is 0. The van der Waals surface area contributed by atoms with Gasteiger partial charge in [0.05, 0.1) is 24.9 Å². The van der Waals surface area contributed by atoms with E-state index in [1.165, 1.54) is 12.1 Å². The van der Waals surface area contributed by atoms with Crippen LogP contribution in [0, 0.1) is 5.82 Å². The zero-order chi connectivity index (χ0) is 16.8. The van der Waals surface area contributed by atoms with Gasteiger partial charge in [-0.3, -0.25) is 9.97 Å².